The molecule has 7 heteroatoms. The third kappa shape index (κ3) is 2.51. The van der Waals surface area contributed by atoms with E-state index in [4.69, 9.17) is 15.0 Å². The minimum Gasteiger partial charge on any atom is -0.460 e. The molecule has 94 valence electrons. The van der Waals surface area contributed by atoms with E-state index >= 15 is 0 Å². The average molecular weight is 312 g/mol. The van der Waals surface area contributed by atoms with Crippen molar-refractivity contribution in [2.24, 2.45) is 0 Å². The first kappa shape index (κ1) is 12.6. The maximum Gasteiger partial charge on any atom is 0.379 e. The summed E-state index contributed by atoms with van der Waals surface area (Å²) in [6.45, 7) is 1.96. The Labute approximate surface area is 111 Å². The summed E-state index contributed by atoms with van der Waals surface area (Å²) in [4.78, 5) is 15.3. The van der Waals surface area contributed by atoms with Gasteiger partial charge in [0, 0.05) is 15.7 Å². The van der Waals surface area contributed by atoms with Gasteiger partial charge in [-0.05, 0) is 46.2 Å². The summed E-state index contributed by atoms with van der Waals surface area (Å²) in [6, 6.07) is 5.19. The topological polar surface area (TPSA) is 91.2 Å². The highest BCUT2D eigenvalue weighted by atomic mass is 79.9. The fourth-order valence-electron chi connectivity index (χ4n) is 1.30. The van der Waals surface area contributed by atoms with E-state index in [1.165, 1.54) is 0 Å². The Morgan fingerprint density at radius 1 is 1.56 bits per heavy atom. The number of ether oxygens (including phenoxy) is 1. The van der Waals surface area contributed by atoms with Gasteiger partial charge in [-0.15, -0.1) is 0 Å². The van der Waals surface area contributed by atoms with Crippen LogP contribution in [0.15, 0.2) is 27.2 Å². The summed E-state index contributed by atoms with van der Waals surface area (Å²) in [5.41, 5.74) is 6.93. The lowest BCUT2D eigenvalue weighted by Gasteiger charge is -1.99. The van der Waals surface area contributed by atoms with Crippen LogP contribution in [0.4, 0.5) is 5.69 Å². The number of nitrogens with two attached hydrogens (primary N) is 1. The second-order valence-corrected chi connectivity index (χ2v) is 4.23. The maximum atomic E-state index is 11.4. The molecule has 2 N–H and O–H groups in total. The van der Waals surface area contributed by atoms with E-state index in [2.05, 4.69) is 26.1 Å². The molecule has 1 aromatic heterocycles. The molecule has 2 rings (SSSR count). The van der Waals surface area contributed by atoms with Crippen LogP contribution in [0.2, 0.25) is 0 Å². The number of benzene rings is 1. The molecule has 18 heavy (non-hydrogen) atoms. The second kappa shape index (κ2) is 5.18. The largest absolute Gasteiger partial charge is 0.460 e. The Balaban J connectivity index is 2.29. The van der Waals surface area contributed by atoms with Crippen LogP contribution < -0.4 is 5.73 Å². The smallest absolute Gasteiger partial charge is 0.379 e. The van der Waals surface area contributed by atoms with Gasteiger partial charge in [0.2, 0.25) is 0 Å². The summed E-state index contributed by atoms with van der Waals surface area (Å²) in [7, 11) is 0. The van der Waals surface area contributed by atoms with Gasteiger partial charge in [0.05, 0.1) is 6.61 Å². The molecule has 2 aromatic rings. The first-order valence-corrected chi connectivity index (χ1v) is 5.97. The molecule has 0 saturated heterocycles. The highest BCUT2D eigenvalue weighted by Crippen LogP contribution is 2.26. The van der Waals surface area contributed by atoms with Crippen molar-refractivity contribution in [3.8, 4) is 11.5 Å². The number of anilines is 1. The summed E-state index contributed by atoms with van der Waals surface area (Å²) in [6.07, 6.45) is 0. The molecule has 1 heterocycles. The van der Waals surface area contributed by atoms with Crippen LogP contribution in [0, 0.1) is 0 Å². The zero-order valence-corrected chi connectivity index (χ0v) is 11.1. The van der Waals surface area contributed by atoms with Gasteiger partial charge in [0.15, 0.2) is 0 Å². The molecule has 0 aliphatic carbocycles. The lowest BCUT2D eigenvalue weighted by atomic mass is 10.2. The quantitative estimate of drug-likeness (QED) is 0.690. The highest BCUT2D eigenvalue weighted by molar-refractivity contribution is 9.10. The van der Waals surface area contributed by atoms with E-state index in [1.54, 1.807) is 25.1 Å². The normalized spacial score (nSPS) is 10.3. The molecule has 0 spiro atoms. The van der Waals surface area contributed by atoms with E-state index < -0.39 is 5.97 Å². The standard InChI is InChI=1S/C11H10BrN3O3/c1-2-17-11(16)9-14-10(18-15-9)6-3-4-7(12)8(13)5-6/h3-5H,2,13H2,1H3. The molecule has 0 fully saturated rings. The monoisotopic (exact) mass is 311 g/mol. The number of aromatic nitrogens is 2. The summed E-state index contributed by atoms with van der Waals surface area (Å²) < 4.78 is 10.5. The lowest BCUT2D eigenvalue weighted by Crippen LogP contribution is -2.06. The zero-order valence-electron chi connectivity index (χ0n) is 9.51. The third-order valence-corrected chi connectivity index (χ3v) is 2.85. The van der Waals surface area contributed by atoms with Gasteiger partial charge < -0.3 is 15.0 Å². The van der Waals surface area contributed by atoms with Crippen molar-refractivity contribution in [2.45, 2.75) is 6.92 Å². The number of rotatable bonds is 3. The van der Waals surface area contributed by atoms with Gasteiger partial charge >= 0.3 is 5.97 Å². The molecule has 0 saturated carbocycles. The van der Waals surface area contributed by atoms with Crippen molar-refractivity contribution >= 4 is 27.6 Å². The Morgan fingerprint density at radius 3 is 3.00 bits per heavy atom. The number of nitrogens with zero attached hydrogens (tertiary/aromatic N) is 2. The average Bonchev–Trinajstić information content (AvgIpc) is 2.82. The molecule has 0 aliphatic rings. The van der Waals surface area contributed by atoms with Crippen molar-refractivity contribution in [3.05, 3.63) is 28.5 Å². The lowest BCUT2D eigenvalue weighted by molar-refractivity contribution is 0.0508. The number of halogens is 1. The van der Waals surface area contributed by atoms with Gasteiger partial charge in [-0.3, -0.25) is 0 Å². The van der Waals surface area contributed by atoms with Crippen LogP contribution in [-0.2, 0) is 4.74 Å². The number of hydrogen-bond acceptors (Lipinski definition) is 6. The molecule has 0 atom stereocenters. The summed E-state index contributed by atoms with van der Waals surface area (Å²) in [5, 5.41) is 3.55. The second-order valence-electron chi connectivity index (χ2n) is 3.38. The van der Waals surface area contributed by atoms with Crippen molar-refractivity contribution in [3.63, 3.8) is 0 Å². The van der Waals surface area contributed by atoms with E-state index in [9.17, 15) is 4.79 Å². The number of carbonyl (C=O) groups excluding carboxylic acids is 1. The van der Waals surface area contributed by atoms with Crippen molar-refractivity contribution in [2.75, 3.05) is 12.3 Å². The van der Waals surface area contributed by atoms with Crippen molar-refractivity contribution < 1.29 is 14.1 Å². The minimum absolute atomic E-state index is 0.103. The van der Waals surface area contributed by atoms with Crippen LogP contribution in [-0.4, -0.2) is 22.7 Å². The van der Waals surface area contributed by atoms with Crippen LogP contribution in [0.3, 0.4) is 0 Å². The van der Waals surface area contributed by atoms with Crippen molar-refractivity contribution in [1.29, 1.82) is 0 Å². The Hall–Kier alpha value is -1.89. The molecule has 0 unspecified atom stereocenters. The van der Waals surface area contributed by atoms with Crippen LogP contribution in [0.5, 0.6) is 0 Å². The van der Waals surface area contributed by atoms with E-state index in [0.29, 0.717) is 11.3 Å². The number of esters is 1. The van der Waals surface area contributed by atoms with Crippen molar-refractivity contribution in [1.82, 2.24) is 10.1 Å². The van der Waals surface area contributed by atoms with Crippen LogP contribution in [0.25, 0.3) is 11.5 Å². The minimum atomic E-state index is -0.613. The van der Waals surface area contributed by atoms with Crippen LogP contribution in [0.1, 0.15) is 17.5 Å². The maximum absolute atomic E-state index is 11.4. The molecule has 0 amide bonds. The summed E-state index contributed by atoms with van der Waals surface area (Å²) in [5.74, 6) is -0.497. The van der Waals surface area contributed by atoms with Gasteiger partial charge in [-0.25, -0.2) is 4.79 Å². The van der Waals surface area contributed by atoms with Gasteiger partial charge in [0.1, 0.15) is 0 Å². The van der Waals surface area contributed by atoms with Gasteiger partial charge in [0.25, 0.3) is 11.7 Å². The molecule has 1 aromatic carbocycles. The predicted octanol–water partition coefficient (Wildman–Crippen LogP) is 2.26. The van der Waals surface area contributed by atoms with Crippen LogP contribution >= 0.6 is 15.9 Å². The molecular formula is C11H10BrN3O3. The Morgan fingerprint density at radius 2 is 2.33 bits per heavy atom. The van der Waals surface area contributed by atoms with E-state index in [0.717, 1.165) is 4.47 Å². The van der Waals surface area contributed by atoms with E-state index in [1.807, 2.05) is 0 Å². The predicted molar refractivity (Wildman–Crippen MR) is 67.8 cm³/mol. The van der Waals surface area contributed by atoms with E-state index in [-0.39, 0.29) is 18.3 Å². The number of carbonyl (C=O) groups is 1. The molecule has 6 nitrogen and oxygen atoms in total. The number of hydrogen-bond donors (Lipinski definition) is 1. The first-order chi connectivity index (χ1) is 8.61. The number of nitrogen functional groups attached to an aromatic ring is 1. The molecule has 0 radical (unpaired) electrons. The third-order valence-electron chi connectivity index (χ3n) is 2.13. The molecular weight excluding hydrogens is 302 g/mol. The Kier molecular flexibility index (Phi) is 3.61. The first-order valence-electron chi connectivity index (χ1n) is 5.18. The Bertz CT molecular complexity index is 583. The zero-order chi connectivity index (χ0) is 13.1. The highest BCUT2D eigenvalue weighted by Gasteiger charge is 2.16. The fourth-order valence-corrected chi connectivity index (χ4v) is 1.54. The van der Waals surface area contributed by atoms with Gasteiger partial charge in [-0.2, -0.15) is 4.98 Å². The SMILES string of the molecule is CCOC(=O)c1noc(-c2ccc(Br)c(N)c2)n1. The fraction of sp³-hybridized carbons (Fsp3) is 0.182. The molecule has 0 bridgehead atoms. The summed E-state index contributed by atoms with van der Waals surface area (Å²) >= 11 is 3.29. The van der Waals surface area contributed by atoms with Gasteiger partial charge in [-0.1, -0.05) is 0 Å². The molecule has 0 aliphatic heterocycles.